The molecule has 0 amide bonds. The summed E-state index contributed by atoms with van der Waals surface area (Å²) in [5.74, 6) is 0. The summed E-state index contributed by atoms with van der Waals surface area (Å²) in [6, 6.07) is 122. The van der Waals surface area contributed by atoms with Crippen LogP contribution in [0.1, 0.15) is 0 Å². The monoisotopic (exact) mass is 1050 g/mol. The van der Waals surface area contributed by atoms with Crippen LogP contribution < -0.4 is 20.7 Å². The zero-order valence-electron chi connectivity index (χ0n) is 44.6. The Hall–Kier alpha value is -10.3. The fourth-order valence-electron chi connectivity index (χ4n) is 13.0. The first-order valence-corrected chi connectivity index (χ1v) is 30.0. The van der Waals surface area contributed by atoms with Gasteiger partial charge in [-0.1, -0.05) is 279 Å². The standard InChI is InChI=1S/C78H54N2Si/c1-8-26-55(27-9-1)61-48-62(56-28-10-2-11-29-56)50-66(49-61)81(64-36-18-6-19-37-64,65-38-20-7-21-39-65)67-53-71(57-30-12-3-13-31-57)78(72(54-67)58-32-14-4-15-33-58)80-75-43-25-23-41-69(75)73-51-59(45-47-76(73)80)60-44-46-70-68-40-22-24-42-74(68)79(77(70)52-60)63-34-16-5-17-35-63/h1-54H. The molecule has 15 aromatic rings. The van der Waals surface area contributed by atoms with E-state index in [0.29, 0.717) is 0 Å². The molecule has 15 rings (SSSR count). The Balaban J connectivity index is 1.03. The zero-order chi connectivity index (χ0) is 53.7. The number of para-hydroxylation sites is 3. The second-order valence-corrected chi connectivity index (χ2v) is 25.0. The lowest BCUT2D eigenvalue weighted by molar-refractivity contribution is 1.18. The summed E-state index contributed by atoms with van der Waals surface area (Å²) in [5, 5.41) is 10.2. The van der Waals surface area contributed by atoms with Crippen LogP contribution in [0.15, 0.2) is 328 Å². The van der Waals surface area contributed by atoms with Crippen molar-refractivity contribution in [1.29, 1.82) is 0 Å². The van der Waals surface area contributed by atoms with E-state index in [0.717, 1.165) is 33.5 Å². The summed E-state index contributed by atoms with van der Waals surface area (Å²) in [6.45, 7) is 0. The molecular weight excluding hydrogens is 993 g/mol. The highest BCUT2D eigenvalue weighted by Gasteiger charge is 2.43. The first-order valence-electron chi connectivity index (χ1n) is 28.0. The molecule has 380 valence electrons. The molecule has 0 aliphatic rings. The molecule has 0 aliphatic heterocycles. The lowest BCUT2D eigenvalue weighted by Gasteiger charge is -2.36. The highest BCUT2D eigenvalue weighted by Crippen LogP contribution is 2.43. The minimum Gasteiger partial charge on any atom is -0.309 e. The molecule has 0 unspecified atom stereocenters. The van der Waals surface area contributed by atoms with Crippen molar-refractivity contribution >= 4 is 72.4 Å². The molecule has 0 fully saturated rings. The second kappa shape index (κ2) is 20.2. The number of benzene rings is 13. The Morgan fingerprint density at radius 1 is 0.198 bits per heavy atom. The van der Waals surface area contributed by atoms with Gasteiger partial charge in [0.05, 0.1) is 27.8 Å². The van der Waals surface area contributed by atoms with E-state index in [1.165, 1.54) is 97.8 Å². The van der Waals surface area contributed by atoms with Crippen molar-refractivity contribution in [2.75, 3.05) is 0 Å². The molecule has 0 atom stereocenters. The molecule has 0 radical (unpaired) electrons. The van der Waals surface area contributed by atoms with Crippen molar-refractivity contribution in [1.82, 2.24) is 9.13 Å². The van der Waals surface area contributed by atoms with Crippen molar-refractivity contribution in [2.45, 2.75) is 0 Å². The number of aromatic nitrogens is 2. The van der Waals surface area contributed by atoms with Gasteiger partial charge in [0.15, 0.2) is 8.07 Å². The van der Waals surface area contributed by atoms with E-state index >= 15 is 0 Å². The summed E-state index contributed by atoms with van der Waals surface area (Å²) >= 11 is 0. The summed E-state index contributed by atoms with van der Waals surface area (Å²) in [6.07, 6.45) is 0. The Morgan fingerprint density at radius 2 is 0.580 bits per heavy atom. The molecule has 0 N–H and O–H groups in total. The number of fused-ring (bicyclic) bond motifs is 6. The van der Waals surface area contributed by atoms with Crippen LogP contribution in [0.4, 0.5) is 0 Å². The first kappa shape index (κ1) is 47.9. The maximum Gasteiger partial charge on any atom is 0.179 e. The van der Waals surface area contributed by atoms with Crippen LogP contribution >= 0.6 is 0 Å². The third-order valence-corrected chi connectivity index (χ3v) is 21.3. The molecular formula is C78H54N2Si. The topological polar surface area (TPSA) is 9.86 Å². The van der Waals surface area contributed by atoms with Gasteiger partial charge in [-0.05, 0) is 114 Å². The summed E-state index contributed by atoms with van der Waals surface area (Å²) in [7, 11) is -3.28. The molecule has 3 heteroatoms. The van der Waals surface area contributed by atoms with Crippen LogP contribution in [0.5, 0.6) is 0 Å². The van der Waals surface area contributed by atoms with Gasteiger partial charge in [-0.25, -0.2) is 0 Å². The van der Waals surface area contributed by atoms with Crippen molar-refractivity contribution in [3.8, 4) is 67.0 Å². The van der Waals surface area contributed by atoms with E-state index in [-0.39, 0.29) is 0 Å². The number of hydrogen-bond donors (Lipinski definition) is 0. The van der Waals surface area contributed by atoms with E-state index in [9.17, 15) is 0 Å². The predicted molar refractivity (Wildman–Crippen MR) is 346 cm³/mol. The van der Waals surface area contributed by atoms with E-state index < -0.39 is 8.07 Å². The summed E-state index contributed by atoms with van der Waals surface area (Å²) in [4.78, 5) is 0. The van der Waals surface area contributed by atoms with Gasteiger partial charge in [0.25, 0.3) is 0 Å². The SMILES string of the molecule is c1ccc(-c2cc(-c3ccccc3)cc([Si](c3ccccc3)(c3ccccc3)c3cc(-c4ccccc4)c(-n4c5ccccc5c5cc(-c6ccc7c8ccccc8n(-c8ccccc8)c7c6)ccc54)c(-c4ccccc4)c3)c2)cc1. The lowest BCUT2D eigenvalue weighted by atomic mass is 9.95. The molecule has 0 saturated carbocycles. The van der Waals surface area contributed by atoms with Crippen molar-refractivity contribution in [3.05, 3.63) is 328 Å². The third kappa shape index (κ3) is 8.17. The van der Waals surface area contributed by atoms with Gasteiger partial charge in [-0.2, -0.15) is 0 Å². The van der Waals surface area contributed by atoms with Gasteiger partial charge >= 0.3 is 0 Å². The van der Waals surface area contributed by atoms with Crippen LogP contribution in [-0.2, 0) is 0 Å². The lowest BCUT2D eigenvalue weighted by Crippen LogP contribution is -2.74. The summed E-state index contributed by atoms with van der Waals surface area (Å²) < 4.78 is 4.98. The molecule has 2 heterocycles. The number of hydrogen-bond acceptors (Lipinski definition) is 0. The van der Waals surface area contributed by atoms with Crippen LogP contribution in [0, 0.1) is 0 Å². The zero-order valence-corrected chi connectivity index (χ0v) is 45.6. The Labute approximate surface area is 473 Å². The average Bonchev–Trinajstić information content (AvgIpc) is 4.30. The van der Waals surface area contributed by atoms with Crippen molar-refractivity contribution in [2.24, 2.45) is 0 Å². The predicted octanol–water partition coefficient (Wildman–Crippen LogP) is 17.6. The highest BCUT2D eigenvalue weighted by atomic mass is 28.3. The molecule has 2 aromatic heterocycles. The van der Waals surface area contributed by atoms with E-state index in [1.54, 1.807) is 0 Å². The molecule has 0 saturated heterocycles. The van der Waals surface area contributed by atoms with Crippen molar-refractivity contribution in [3.63, 3.8) is 0 Å². The second-order valence-electron chi connectivity index (χ2n) is 21.2. The molecule has 0 aliphatic carbocycles. The van der Waals surface area contributed by atoms with Gasteiger partial charge in [-0.3, -0.25) is 0 Å². The van der Waals surface area contributed by atoms with Gasteiger partial charge in [0.1, 0.15) is 0 Å². The van der Waals surface area contributed by atoms with E-state index in [2.05, 4.69) is 337 Å². The first-order chi connectivity index (χ1) is 40.2. The van der Waals surface area contributed by atoms with Crippen LogP contribution in [0.25, 0.3) is 111 Å². The Bertz CT molecular complexity index is 4600. The van der Waals surface area contributed by atoms with Crippen molar-refractivity contribution < 1.29 is 0 Å². The van der Waals surface area contributed by atoms with E-state index in [4.69, 9.17) is 0 Å². The smallest absolute Gasteiger partial charge is 0.179 e. The average molecular weight is 1050 g/mol. The molecule has 13 aromatic carbocycles. The third-order valence-electron chi connectivity index (χ3n) is 16.6. The van der Waals surface area contributed by atoms with Gasteiger partial charge in [-0.15, -0.1) is 0 Å². The van der Waals surface area contributed by atoms with Crippen LogP contribution in [0.3, 0.4) is 0 Å². The molecule has 0 spiro atoms. The normalized spacial score (nSPS) is 11.7. The maximum absolute atomic E-state index is 3.28. The highest BCUT2D eigenvalue weighted by molar-refractivity contribution is 7.20. The number of rotatable bonds is 11. The fourth-order valence-corrected chi connectivity index (χ4v) is 17.8. The van der Waals surface area contributed by atoms with Crippen LogP contribution in [-0.4, -0.2) is 17.2 Å². The Kier molecular flexibility index (Phi) is 11.9. The Morgan fingerprint density at radius 3 is 1.11 bits per heavy atom. The summed E-state index contributed by atoms with van der Waals surface area (Å²) in [5.41, 5.74) is 18.8. The van der Waals surface area contributed by atoms with Gasteiger partial charge < -0.3 is 9.13 Å². The minimum absolute atomic E-state index is 1.15. The largest absolute Gasteiger partial charge is 0.309 e. The van der Waals surface area contributed by atoms with Gasteiger partial charge in [0, 0.05) is 38.4 Å². The molecule has 2 nitrogen and oxygen atoms in total. The minimum atomic E-state index is -3.28. The van der Waals surface area contributed by atoms with Gasteiger partial charge in [0.2, 0.25) is 0 Å². The molecule has 0 bridgehead atoms. The van der Waals surface area contributed by atoms with E-state index in [1.807, 2.05) is 0 Å². The maximum atomic E-state index is 2.58. The quantitative estimate of drug-likeness (QED) is 0.0902. The number of nitrogens with zero attached hydrogens (tertiary/aromatic N) is 2. The molecule has 81 heavy (non-hydrogen) atoms. The van der Waals surface area contributed by atoms with Crippen LogP contribution in [0.2, 0.25) is 0 Å². The fraction of sp³-hybridized carbons (Fsp3) is 0.